The van der Waals surface area contributed by atoms with Gasteiger partial charge in [-0.2, -0.15) is 0 Å². The maximum atomic E-state index is 13.7. The van der Waals surface area contributed by atoms with Crippen molar-refractivity contribution in [3.05, 3.63) is 60.7 Å². The van der Waals surface area contributed by atoms with Gasteiger partial charge in [-0.15, -0.1) is 12.6 Å². The summed E-state index contributed by atoms with van der Waals surface area (Å²) in [6.07, 6.45) is 2.10. The zero-order chi connectivity index (χ0) is 27.3. The first-order chi connectivity index (χ1) is 16.5. The number of rotatable bonds is 4. The number of hydrogen-bond acceptors (Lipinski definition) is 5. The molecular formula is C27H35F3N2O3S. The molecule has 0 spiro atoms. The number of alkyl carbamates (subject to hydrolysis) is 1. The summed E-state index contributed by atoms with van der Waals surface area (Å²) in [5.41, 5.74) is 1.90. The Hall–Kier alpha value is -2.52. The fourth-order valence-electron chi connectivity index (χ4n) is 3.96. The molecule has 0 aliphatic heterocycles. The van der Waals surface area contributed by atoms with Crippen LogP contribution in [-0.2, 0) is 4.74 Å². The molecule has 1 saturated carbocycles. The fourth-order valence-corrected chi connectivity index (χ4v) is 4.50. The van der Waals surface area contributed by atoms with Crippen LogP contribution in [-0.4, -0.2) is 38.7 Å². The number of benzene rings is 1. The van der Waals surface area contributed by atoms with E-state index in [0.29, 0.717) is 0 Å². The van der Waals surface area contributed by atoms with Gasteiger partial charge in [0.15, 0.2) is 0 Å². The third-order valence-electron chi connectivity index (χ3n) is 5.92. The molecule has 4 unspecified atom stereocenters. The van der Waals surface area contributed by atoms with Gasteiger partial charge in [-0.1, -0.05) is 31.7 Å². The lowest BCUT2D eigenvalue weighted by Crippen LogP contribution is -2.55. The molecule has 1 aliphatic carbocycles. The molecular weight excluding hydrogens is 489 g/mol. The molecule has 1 fully saturated rings. The summed E-state index contributed by atoms with van der Waals surface area (Å²) in [4.78, 5) is 14.1. The van der Waals surface area contributed by atoms with E-state index in [-0.39, 0.29) is 12.2 Å². The number of thiol groups is 1. The Bertz CT molecular complexity index is 1040. The van der Waals surface area contributed by atoms with Crippen molar-refractivity contribution in [1.82, 2.24) is 10.3 Å². The minimum absolute atomic E-state index is 0.0734. The van der Waals surface area contributed by atoms with Gasteiger partial charge in [-0.3, -0.25) is 4.98 Å². The molecule has 0 bridgehead atoms. The minimum atomic E-state index is -2.96. The van der Waals surface area contributed by atoms with Crippen molar-refractivity contribution in [1.29, 1.82) is 0 Å². The van der Waals surface area contributed by atoms with Gasteiger partial charge in [0.2, 0.25) is 0 Å². The molecule has 2 N–H and O–H groups in total. The number of alkyl halides is 2. The van der Waals surface area contributed by atoms with Crippen LogP contribution < -0.4 is 5.32 Å². The Kier molecular flexibility index (Phi) is 9.64. The molecule has 1 heterocycles. The molecule has 4 atom stereocenters. The standard InChI is InChI=1S/C14H25F2NO3S.C13H10FN/c1-8-6-10(14(19,21)7-13(8,15)16)9(2)17-11(18)20-12(3,4)5;1-2-13-7-6-11(9-15-13)10-4-3-5-12(14)8-10/h8-10,19,21H,6-7H2,1-5H3,(H,17,18);2-9H,1H2. The highest BCUT2D eigenvalue weighted by molar-refractivity contribution is 7.81. The zero-order valence-corrected chi connectivity index (χ0v) is 22.2. The first kappa shape index (κ1) is 29.7. The molecule has 2 aromatic rings. The molecule has 1 aliphatic rings. The molecule has 0 radical (unpaired) electrons. The number of amides is 1. The van der Waals surface area contributed by atoms with Crippen molar-refractivity contribution in [2.24, 2.45) is 11.8 Å². The normalized spacial score (nSPS) is 24.1. The predicted molar refractivity (Wildman–Crippen MR) is 139 cm³/mol. The van der Waals surface area contributed by atoms with E-state index >= 15 is 0 Å². The lowest BCUT2D eigenvalue weighted by atomic mass is 9.74. The third kappa shape index (κ3) is 8.55. The summed E-state index contributed by atoms with van der Waals surface area (Å²) >= 11 is 4.00. The second kappa shape index (κ2) is 11.7. The van der Waals surface area contributed by atoms with E-state index < -0.39 is 46.8 Å². The van der Waals surface area contributed by atoms with Crippen LogP contribution >= 0.6 is 12.6 Å². The van der Waals surface area contributed by atoms with Crippen molar-refractivity contribution in [2.75, 3.05) is 0 Å². The van der Waals surface area contributed by atoms with E-state index in [0.717, 1.165) is 16.8 Å². The quantitative estimate of drug-likeness (QED) is 0.306. The van der Waals surface area contributed by atoms with Crippen LogP contribution in [0.5, 0.6) is 0 Å². The van der Waals surface area contributed by atoms with Gasteiger partial charge in [0, 0.05) is 36.1 Å². The van der Waals surface area contributed by atoms with Crippen LogP contribution in [0.3, 0.4) is 0 Å². The number of carbonyl (C=O) groups excluding carboxylic acids is 1. The first-order valence-corrected chi connectivity index (χ1v) is 12.2. The van der Waals surface area contributed by atoms with Gasteiger partial charge in [-0.25, -0.2) is 18.0 Å². The van der Waals surface area contributed by atoms with E-state index in [4.69, 9.17) is 4.74 Å². The van der Waals surface area contributed by atoms with Crippen LogP contribution in [0, 0.1) is 17.7 Å². The lowest BCUT2D eigenvalue weighted by molar-refractivity contribution is -0.149. The Morgan fingerprint density at radius 1 is 1.31 bits per heavy atom. The molecule has 198 valence electrons. The van der Waals surface area contributed by atoms with E-state index in [1.54, 1.807) is 46.0 Å². The van der Waals surface area contributed by atoms with Crippen LogP contribution in [0.15, 0.2) is 49.2 Å². The highest BCUT2D eigenvalue weighted by Crippen LogP contribution is 2.48. The van der Waals surface area contributed by atoms with E-state index in [9.17, 15) is 23.1 Å². The number of ether oxygens (including phenoxy) is 1. The van der Waals surface area contributed by atoms with E-state index in [1.165, 1.54) is 19.1 Å². The maximum Gasteiger partial charge on any atom is 0.407 e. The first-order valence-electron chi connectivity index (χ1n) is 11.7. The van der Waals surface area contributed by atoms with Crippen LogP contribution in [0.2, 0.25) is 0 Å². The summed E-state index contributed by atoms with van der Waals surface area (Å²) in [6.45, 7) is 11.9. The van der Waals surface area contributed by atoms with Gasteiger partial charge in [0.05, 0.1) is 5.69 Å². The molecule has 5 nitrogen and oxygen atoms in total. The summed E-state index contributed by atoms with van der Waals surface area (Å²) in [6, 6.07) is 9.69. The number of nitrogens with one attached hydrogen (secondary N) is 1. The number of halogens is 3. The summed E-state index contributed by atoms with van der Waals surface area (Å²) in [7, 11) is 0. The lowest BCUT2D eigenvalue weighted by Gasteiger charge is -2.45. The number of hydrogen-bond donors (Lipinski definition) is 3. The maximum absolute atomic E-state index is 13.7. The molecule has 1 aromatic heterocycles. The van der Waals surface area contributed by atoms with E-state index in [1.807, 2.05) is 18.2 Å². The highest BCUT2D eigenvalue weighted by Gasteiger charge is 2.54. The second-order valence-electron chi connectivity index (χ2n) is 10.2. The van der Waals surface area contributed by atoms with Gasteiger partial charge in [0.25, 0.3) is 5.92 Å². The average molecular weight is 525 g/mol. The van der Waals surface area contributed by atoms with Gasteiger partial charge >= 0.3 is 6.09 Å². The average Bonchev–Trinajstić information content (AvgIpc) is 2.74. The topological polar surface area (TPSA) is 71.5 Å². The fraction of sp³-hybridized carbons (Fsp3) is 0.481. The smallest absolute Gasteiger partial charge is 0.407 e. The Balaban J connectivity index is 0.000000267. The van der Waals surface area contributed by atoms with Gasteiger partial charge < -0.3 is 15.2 Å². The van der Waals surface area contributed by atoms with Gasteiger partial charge in [-0.05, 0) is 64.0 Å². The van der Waals surface area contributed by atoms with Crippen molar-refractivity contribution in [3.8, 4) is 11.1 Å². The monoisotopic (exact) mass is 524 g/mol. The molecule has 9 heteroatoms. The van der Waals surface area contributed by atoms with E-state index in [2.05, 4.69) is 29.5 Å². The predicted octanol–water partition coefficient (Wildman–Crippen LogP) is 6.73. The molecule has 1 aromatic carbocycles. The SMILES string of the molecule is C=Cc1ccc(-c2cccc(F)c2)cn1.CC(NC(=O)OC(C)(C)C)C1CC(C)C(F)(F)CC1(O)S. The number of aliphatic hydroxyl groups is 1. The molecule has 3 rings (SSSR count). The molecule has 0 saturated heterocycles. The third-order valence-corrected chi connectivity index (χ3v) is 6.41. The van der Waals surface area contributed by atoms with Crippen LogP contribution in [0.1, 0.15) is 53.2 Å². The zero-order valence-electron chi connectivity index (χ0n) is 21.3. The van der Waals surface area contributed by atoms with Crippen molar-refractivity contribution in [3.63, 3.8) is 0 Å². The largest absolute Gasteiger partial charge is 0.444 e. The van der Waals surface area contributed by atoms with Crippen molar-refractivity contribution in [2.45, 2.75) is 70.0 Å². The van der Waals surface area contributed by atoms with Crippen LogP contribution in [0.25, 0.3) is 17.2 Å². The number of carbonyl (C=O) groups is 1. The molecule has 36 heavy (non-hydrogen) atoms. The second-order valence-corrected chi connectivity index (χ2v) is 11.0. The highest BCUT2D eigenvalue weighted by atomic mass is 32.1. The molecule has 1 amide bonds. The van der Waals surface area contributed by atoms with Crippen molar-refractivity contribution < 1.29 is 27.8 Å². The van der Waals surface area contributed by atoms with Gasteiger partial charge in [0.1, 0.15) is 16.4 Å². The number of aromatic nitrogens is 1. The Morgan fingerprint density at radius 3 is 2.50 bits per heavy atom. The Morgan fingerprint density at radius 2 is 1.97 bits per heavy atom. The van der Waals surface area contributed by atoms with Crippen molar-refractivity contribution >= 4 is 24.8 Å². The number of pyridine rings is 1. The van der Waals surface area contributed by atoms with Crippen LogP contribution in [0.4, 0.5) is 18.0 Å². The summed E-state index contributed by atoms with van der Waals surface area (Å²) in [5, 5.41) is 12.8. The number of nitrogens with zero attached hydrogens (tertiary/aromatic N) is 1. The summed E-state index contributed by atoms with van der Waals surface area (Å²) in [5.74, 6) is -4.65. The minimum Gasteiger partial charge on any atom is -0.444 e. The summed E-state index contributed by atoms with van der Waals surface area (Å²) < 4.78 is 45.5. The Labute approximate surface area is 216 Å².